The van der Waals surface area contributed by atoms with Gasteiger partial charge in [0.2, 0.25) is 5.91 Å². The molecular weight excluding hydrogens is 394 g/mol. The Morgan fingerprint density at radius 1 is 0.968 bits per heavy atom. The number of carbonyl (C=O) groups excluding carboxylic acids is 2. The lowest BCUT2D eigenvalue weighted by Crippen LogP contribution is -2.18. The van der Waals surface area contributed by atoms with Gasteiger partial charge in [-0.05, 0) is 65.7 Å². The second-order valence-electron chi connectivity index (χ2n) is 6.67. The first kappa shape index (κ1) is 21.6. The highest BCUT2D eigenvalue weighted by Gasteiger charge is 2.05. The number of hydrazone groups is 1. The molecule has 0 fully saturated rings. The number of benzene rings is 3. The highest BCUT2D eigenvalue weighted by molar-refractivity contribution is 5.97. The van der Waals surface area contributed by atoms with Gasteiger partial charge in [-0.1, -0.05) is 18.2 Å². The summed E-state index contributed by atoms with van der Waals surface area (Å²) in [6, 6.07) is 21.7. The van der Waals surface area contributed by atoms with Gasteiger partial charge >= 0.3 is 0 Å². The van der Waals surface area contributed by atoms with Crippen molar-refractivity contribution in [3.05, 3.63) is 89.5 Å². The highest BCUT2D eigenvalue weighted by atomic mass is 16.5. The molecule has 2 amide bonds. The maximum atomic E-state index is 12.2. The Labute approximate surface area is 180 Å². The molecule has 0 aromatic heterocycles. The van der Waals surface area contributed by atoms with Crippen molar-refractivity contribution in [2.75, 3.05) is 12.4 Å². The summed E-state index contributed by atoms with van der Waals surface area (Å²) in [5, 5.41) is 6.62. The van der Waals surface area contributed by atoms with Gasteiger partial charge in [-0.3, -0.25) is 9.59 Å². The molecule has 0 unspecified atom stereocenters. The van der Waals surface area contributed by atoms with E-state index in [-0.39, 0.29) is 11.8 Å². The zero-order chi connectivity index (χ0) is 22.1. The van der Waals surface area contributed by atoms with Gasteiger partial charge in [0, 0.05) is 18.2 Å². The van der Waals surface area contributed by atoms with Crippen LogP contribution < -0.4 is 20.2 Å². The minimum absolute atomic E-state index is 0.202. The second kappa shape index (κ2) is 10.6. The van der Waals surface area contributed by atoms with Gasteiger partial charge in [-0.2, -0.15) is 5.10 Å². The van der Waals surface area contributed by atoms with Crippen molar-refractivity contribution in [2.45, 2.75) is 13.5 Å². The summed E-state index contributed by atoms with van der Waals surface area (Å²) in [5.74, 6) is 0.960. The summed E-state index contributed by atoms with van der Waals surface area (Å²) in [6.07, 6.45) is 1.54. The number of anilines is 1. The van der Waals surface area contributed by atoms with E-state index in [0.29, 0.717) is 17.9 Å². The minimum atomic E-state index is -0.372. The molecule has 0 aliphatic carbocycles. The van der Waals surface area contributed by atoms with Crippen LogP contribution in [0.2, 0.25) is 0 Å². The fraction of sp³-hybridized carbons (Fsp3) is 0.125. The molecule has 3 rings (SSSR count). The molecule has 0 heterocycles. The minimum Gasteiger partial charge on any atom is -0.497 e. The molecule has 3 aromatic rings. The Bertz CT molecular complexity index is 1060. The van der Waals surface area contributed by atoms with Crippen molar-refractivity contribution >= 4 is 23.7 Å². The lowest BCUT2D eigenvalue weighted by atomic mass is 10.2. The fourth-order valence-electron chi connectivity index (χ4n) is 2.71. The molecule has 0 saturated carbocycles. The van der Waals surface area contributed by atoms with Gasteiger partial charge in [-0.15, -0.1) is 0 Å². The molecular formula is C24H23N3O4. The molecule has 7 nitrogen and oxygen atoms in total. The molecule has 0 aliphatic rings. The summed E-state index contributed by atoms with van der Waals surface area (Å²) in [6.45, 7) is 1.86. The Morgan fingerprint density at radius 3 is 2.35 bits per heavy atom. The van der Waals surface area contributed by atoms with Crippen LogP contribution in [-0.2, 0) is 11.4 Å². The average Bonchev–Trinajstić information content (AvgIpc) is 2.78. The fourth-order valence-corrected chi connectivity index (χ4v) is 2.71. The molecule has 0 atom stereocenters. The van der Waals surface area contributed by atoms with Crippen molar-refractivity contribution in [1.29, 1.82) is 0 Å². The first-order valence-corrected chi connectivity index (χ1v) is 9.60. The van der Waals surface area contributed by atoms with E-state index in [9.17, 15) is 9.59 Å². The number of hydrogen-bond donors (Lipinski definition) is 2. The largest absolute Gasteiger partial charge is 0.497 e. The van der Waals surface area contributed by atoms with E-state index in [1.165, 1.54) is 6.92 Å². The molecule has 0 radical (unpaired) electrons. The predicted octanol–water partition coefficient (Wildman–Crippen LogP) is 4.00. The van der Waals surface area contributed by atoms with Crippen molar-refractivity contribution in [1.82, 2.24) is 5.43 Å². The standard InChI is InChI=1S/C24H23N3O4/c1-17(28)26-21-5-3-4-20(14-21)24(29)27-25-15-18-6-12-23(13-7-18)31-16-19-8-10-22(30-2)11-9-19/h3-15H,16H2,1-2H3,(H,26,28)(H,27,29)/b25-15-. The third-order valence-corrected chi connectivity index (χ3v) is 4.27. The number of methoxy groups -OCH3 is 1. The first-order valence-electron chi connectivity index (χ1n) is 9.60. The summed E-state index contributed by atoms with van der Waals surface area (Å²) < 4.78 is 10.9. The number of carbonyl (C=O) groups is 2. The van der Waals surface area contributed by atoms with E-state index >= 15 is 0 Å². The number of amides is 2. The topological polar surface area (TPSA) is 89.0 Å². The Kier molecular flexibility index (Phi) is 7.37. The molecule has 7 heteroatoms. The van der Waals surface area contributed by atoms with Crippen LogP contribution in [0.4, 0.5) is 5.69 Å². The summed E-state index contributed by atoms with van der Waals surface area (Å²) in [7, 11) is 1.63. The van der Waals surface area contributed by atoms with Crippen molar-refractivity contribution in [3.63, 3.8) is 0 Å². The SMILES string of the molecule is COc1ccc(COc2ccc(/C=N\NC(=O)c3cccc(NC(C)=O)c3)cc2)cc1. The second-order valence-corrected chi connectivity index (χ2v) is 6.67. The van der Waals surface area contributed by atoms with Crippen molar-refractivity contribution in [2.24, 2.45) is 5.10 Å². The third-order valence-electron chi connectivity index (χ3n) is 4.27. The van der Waals surface area contributed by atoms with Crippen LogP contribution in [0.3, 0.4) is 0 Å². The molecule has 0 bridgehead atoms. The molecule has 2 N–H and O–H groups in total. The molecule has 31 heavy (non-hydrogen) atoms. The lowest BCUT2D eigenvalue weighted by Gasteiger charge is -2.07. The van der Waals surface area contributed by atoms with E-state index in [1.807, 2.05) is 48.5 Å². The molecule has 158 valence electrons. The van der Waals surface area contributed by atoms with Crippen LogP contribution in [0, 0.1) is 0 Å². The van der Waals surface area contributed by atoms with Crippen LogP contribution in [0.25, 0.3) is 0 Å². The van der Waals surface area contributed by atoms with Gasteiger partial charge in [0.05, 0.1) is 13.3 Å². The van der Waals surface area contributed by atoms with Crippen molar-refractivity contribution < 1.29 is 19.1 Å². The van der Waals surface area contributed by atoms with E-state index in [4.69, 9.17) is 9.47 Å². The van der Waals surface area contributed by atoms with E-state index in [0.717, 1.165) is 22.6 Å². The average molecular weight is 417 g/mol. The van der Waals surface area contributed by atoms with Crippen LogP contribution >= 0.6 is 0 Å². The Balaban J connectivity index is 1.51. The lowest BCUT2D eigenvalue weighted by molar-refractivity contribution is -0.114. The van der Waals surface area contributed by atoms with Gasteiger partial charge in [-0.25, -0.2) is 5.43 Å². The number of rotatable bonds is 8. The molecule has 0 spiro atoms. The zero-order valence-electron chi connectivity index (χ0n) is 17.3. The van der Waals surface area contributed by atoms with Gasteiger partial charge in [0.1, 0.15) is 18.1 Å². The number of ether oxygens (including phenoxy) is 2. The van der Waals surface area contributed by atoms with Crippen LogP contribution in [-0.4, -0.2) is 25.1 Å². The normalized spacial score (nSPS) is 10.5. The van der Waals surface area contributed by atoms with Gasteiger partial charge in [0.25, 0.3) is 5.91 Å². The summed E-state index contributed by atoms with van der Waals surface area (Å²) >= 11 is 0. The van der Waals surface area contributed by atoms with E-state index in [1.54, 1.807) is 37.6 Å². The molecule has 0 saturated heterocycles. The van der Waals surface area contributed by atoms with Gasteiger partial charge in [0.15, 0.2) is 0 Å². The quantitative estimate of drug-likeness (QED) is 0.428. The van der Waals surface area contributed by atoms with Crippen LogP contribution in [0.5, 0.6) is 11.5 Å². The monoisotopic (exact) mass is 417 g/mol. The Hall–Kier alpha value is -4.13. The zero-order valence-corrected chi connectivity index (χ0v) is 17.3. The smallest absolute Gasteiger partial charge is 0.271 e. The Morgan fingerprint density at radius 2 is 1.68 bits per heavy atom. The molecule has 3 aromatic carbocycles. The molecule has 0 aliphatic heterocycles. The first-order chi connectivity index (χ1) is 15.0. The maximum Gasteiger partial charge on any atom is 0.271 e. The number of nitrogens with one attached hydrogen (secondary N) is 2. The van der Waals surface area contributed by atoms with E-state index in [2.05, 4.69) is 15.8 Å². The summed E-state index contributed by atoms with van der Waals surface area (Å²) in [4.78, 5) is 23.4. The van der Waals surface area contributed by atoms with Gasteiger partial charge < -0.3 is 14.8 Å². The van der Waals surface area contributed by atoms with E-state index < -0.39 is 0 Å². The number of nitrogens with zero attached hydrogens (tertiary/aromatic N) is 1. The van der Waals surface area contributed by atoms with Crippen molar-refractivity contribution in [3.8, 4) is 11.5 Å². The predicted molar refractivity (Wildman–Crippen MR) is 120 cm³/mol. The summed E-state index contributed by atoms with van der Waals surface area (Å²) in [5.41, 5.74) is 5.27. The highest BCUT2D eigenvalue weighted by Crippen LogP contribution is 2.16. The third kappa shape index (κ3) is 6.71. The number of hydrogen-bond acceptors (Lipinski definition) is 5. The maximum absolute atomic E-state index is 12.2. The van der Waals surface area contributed by atoms with Crippen LogP contribution in [0.15, 0.2) is 77.9 Å². The van der Waals surface area contributed by atoms with Crippen LogP contribution in [0.1, 0.15) is 28.4 Å².